The van der Waals surface area contributed by atoms with Gasteiger partial charge in [0.2, 0.25) is 0 Å². The number of carbonyl (C=O) groups excluding carboxylic acids is 1. The second-order valence-corrected chi connectivity index (χ2v) is 4.19. The van der Waals surface area contributed by atoms with E-state index >= 15 is 0 Å². The summed E-state index contributed by atoms with van der Waals surface area (Å²) in [6, 6.07) is 0. The maximum Gasteiger partial charge on any atom is 0.382 e. The van der Waals surface area contributed by atoms with E-state index in [1.807, 2.05) is 0 Å². The highest BCUT2D eigenvalue weighted by molar-refractivity contribution is 7.11. The van der Waals surface area contributed by atoms with Crippen LogP contribution in [0.2, 0.25) is 10.0 Å². The fourth-order valence-electron chi connectivity index (χ4n) is 0.849. The predicted molar refractivity (Wildman–Crippen MR) is 54.9 cm³/mol. The fourth-order valence-corrected chi connectivity index (χ4v) is 2.29. The molecule has 0 fully saturated rings. The highest BCUT2D eigenvalue weighted by Gasteiger charge is 2.46. The van der Waals surface area contributed by atoms with Crippen molar-refractivity contribution in [1.29, 1.82) is 0 Å². The first-order valence-electron chi connectivity index (χ1n) is 3.89. The van der Waals surface area contributed by atoms with E-state index in [-0.39, 0.29) is 16.7 Å². The molecule has 0 aliphatic heterocycles. The lowest BCUT2D eigenvalue weighted by atomic mass is 10.3. The Labute approximate surface area is 98.7 Å². The summed E-state index contributed by atoms with van der Waals surface area (Å²) in [5, 5.41) is 0.937. The predicted octanol–water partition coefficient (Wildman–Crippen LogP) is 3.71. The molecule has 2 nitrogen and oxygen atoms in total. The minimum Gasteiger partial charge on any atom is -0.461 e. The van der Waals surface area contributed by atoms with Crippen LogP contribution in [0.15, 0.2) is 5.38 Å². The lowest BCUT2D eigenvalue weighted by Gasteiger charge is -2.13. The van der Waals surface area contributed by atoms with Crippen LogP contribution in [0.4, 0.5) is 8.78 Å². The number of alkyl halides is 2. The first-order valence-corrected chi connectivity index (χ1v) is 5.52. The molecule has 0 radical (unpaired) electrons. The Morgan fingerprint density at radius 2 is 2.20 bits per heavy atom. The Kier molecular flexibility index (Phi) is 3.92. The minimum atomic E-state index is -3.75. The summed E-state index contributed by atoms with van der Waals surface area (Å²) in [7, 11) is 0. The highest BCUT2D eigenvalue weighted by atomic mass is 35.5. The molecule has 0 saturated carbocycles. The number of carbonyl (C=O) groups is 1. The van der Waals surface area contributed by atoms with Crippen LogP contribution >= 0.6 is 34.5 Å². The third kappa shape index (κ3) is 2.41. The summed E-state index contributed by atoms with van der Waals surface area (Å²) in [6.45, 7) is 1.32. The van der Waals surface area contributed by atoms with Gasteiger partial charge >= 0.3 is 11.9 Å². The van der Waals surface area contributed by atoms with Gasteiger partial charge in [-0.15, -0.1) is 11.3 Å². The van der Waals surface area contributed by atoms with Gasteiger partial charge in [0, 0.05) is 5.38 Å². The molecule has 0 N–H and O–H groups in total. The van der Waals surface area contributed by atoms with Gasteiger partial charge in [-0.25, -0.2) is 4.79 Å². The van der Waals surface area contributed by atoms with Gasteiger partial charge in [0.25, 0.3) is 0 Å². The van der Waals surface area contributed by atoms with E-state index in [2.05, 4.69) is 4.74 Å². The zero-order valence-corrected chi connectivity index (χ0v) is 9.85. The number of rotatable bonds is 3. The first kappa shape index (κ1) is 12.7. The Hall–Kier alpha value is -0.390. The molecule has 0 saturated heterocycles. The smallest absolute Gasteiger partial charge is 0.382 e. The van der Waals surface area contributed by atoms with E-state index in [1.165, 1.54) is 12.3 Å². The molecule has 1 heterocycles. The van der Waals surface area contributed by atoms with Crippen LogP contribution in [0.3, 0.4) is 0 Å². The second kappa shape index (κ2) is 4.63. The van der Waals surface area contributed by atoms with Crippen molar-refractivity contribution >= 4 is 40.5 Å². The Morgan fingerprint density at radius 3 is 2.60 bits per heavy atom. The van der Waals surface area contributed by atoms with Crippen molar-refractivity contribution < 1.29 is 18.3 Å². The van der Waals surface area contributed by atoms with Crippen LogP contribution in [0.1, 0.15) is 11.8 Å². The molecule has 0 amide bonds. The Bertz CT molecular complexity index is 379. The molecular formula is C8H6Cl2F2O2S. The van der Waals surface area contributed by atoms with Gasteiger partial charge in [-0.2, -0.15) is 8.78 Å². The van der Waals surface area contributed by atoms with Crippen LogP contribution in [0.5, 0.6) is 0 Å². The Morgan fingerprint density at radius 1 is 1.60 bits per heavy atom. The monoisotopic (exact) mass is 274 g/mol. The summed E-state index contributed by atoms with van der Waals surface area (Å²) >= 11 is 11.7. The van der Waals surface area contributed by atoms with Gasteiger partial charge in [-0.1, -0.05) is 23.2 Å². The molecule has 0 aromatic carbocycles. The third-order valence-electron chi connectivity index (χ3n) is 1.51. The molecule has 0 bridgehead atoms. The first-order chi connectivity index (χ1) is 6.91. The molecule has 15 heavy (non-hydrogen) atoms. The van der Waals surface area contributed by atoms with E-state index in [9.17, 15) is 13.6 Å². The number of hydrogen-bond acceptors (Lipinski definition) is 3. The van der Waals surface area contributed by atoms with Crippen molar-refractivity contribution in [2.75, 3.05) is 6.61 Å². The van der Waals surface area contributed by atoms with Crippen molar-refractivity contribution in [2.45, 2.75) is 12.8 Å². The van der Waals surface area contributed by atoms with E-state index < -0.39 is 16.8 Å². The van der Waals surface area contributed by atoms with Crippen LogP contribution < -0.4 is 0 Å². The maximum absolute atomic E-state index is 13.4. The fraction of sp³-hybridized carbons (Fsp3) is 0.375. The van der Waals surface area contributed by atoms with Crippen molar-refractivity contribution in [3.05, 3.63) is 20.3 Å². The van der Waals surface area contributed by atoms with Gasteiger partial charge in [-0.05, 0) is 6.92 Å². The third-order valence-corrected chi connectivity index (χ3v) is 3.58. The second-order valence-electron chi connectivity index (χ2n) is 2.52. The molecule has 0 aliphatic rings. The Balaban J connectivity index is 3.05. The van der Waals surface area contributed by atoms with Crippen molar-refractivity contribution in [3.63, 3.8) is 0 Å². The molecule has 1 rings (SSSR count). The maximum atomic E-state index is 13.4. The van der Waals surface area contributed by atoms with E-state index in [0.29, 0.717) is 11.3 Å². The van der Waals surface area contributed by atoms with Gasteiger partial charge in [0.05, 0.1) is 16.7 Å². The lowest BCUT2D eigenvalue weighted by molar-refractivity contribution is -0.172. The zero-order valence-electron chi connectivity index (χ0n) is 7.52. The molecule has 1 aromatic heterocycles. The van der Waals surface area contributed by atoms with Crippen molar-refractivity contribution in [2.24, 2.45) is 0 Å². The molecule has 0 spiro atoms. The normalized spacial score (nSPS) is 11.5. The molecule has 1 aromatic rings. The average molecular weight is 275 g/mol. The van der Waals surface area contributed by atoms with Crippen molar-refractivity contribution in [3.8, 4) is 0 Å². The van der Waals surface area contributed by atoms with Crippen LogP contribution in [0.25, 0.3) is 0 Å². The summed E-state index contributed by atoms with van der Waals surface area (Å²) in [4.78, 5) is 10.4. The van der Waals surface area contributed by atoms with E-state index in [1.54, 1.807) is 0 Å². The van der Waals surface area contributed by atoms with Gasteiger partial charge < -0.3 is 4.74 Å². The number of thiophene rings is 1. The zero-order chi connectivity index (χ0) is 11.6. The quantitative estimate of drug-likeness (QED) is 0.786. The van der Waals surface area contributed by atoms with Gasteiger partial charge in [0.1, 0.15) is 4.88 Å². The molecule has 0 unspecified atom stereocenters. The molecule has 0 aliphatic carbocycles. The summed E-state index contributed by atoms with van der Waals surface area (Å²) < 4.78 is 31.0. The molecule has 0 atom stereocenters. The van der Waals surface area contributed by atoms with Gasteiger partial charge in [-0.3, -0.25) is 0 Å². The molecule has 84 valence electrons. The molecular weight excluding hydrogens is 269 g/mol. The molecule has 7 heteroatoms. The van der Waals surface area contributed by atoms with E-state index in [4.69, 9.17) is 23.2 Å². The van der Waals surface area contributed by atoms with E-state index in [0.717, 1.165) is 0 Å². The summed E-state index contributed by atoms with van der Waals surface area (Å²) in [5.74, 6) is -5.37. The minimum absolute atomic E-state index is 0.000593. The summed E-state index contributed by atoms with van der Waals surface area (Å²) in [5.41, 5.74) is 0. The van der Waals surface area contributed by atoms with Gasteiger partial charge in [0.15, 0.2) is 0 Å². The topological polar surface area (TPSA) is 26.3 Å². The van der Waals surface area contributed by atoms with Crippen LogP contribution in [-0.2, 0) is 15.5 Å². The SMILES string of the molecule is CCOC(=O)C(F)(F)c1scc(Cl)c1Cl. The van der Waals surface area contributed by atoms with Crippen LogP contribution in [0, 0.1) is 0 Å². The number of halogens is 4. The lowest BCUT2D eigenvalue weighted by Crippen LogP contribution is -2.27. The van der Waals surface area contributed by atoms with Crippen molar-refractivity contribution in [1.82, 2.24) is 0 Å². The summed E-state index contributed by atoms with van der Waals surface area (Å²) in [6.07, 6.45) is 0. The number of hydrogen-bond donors (Lipinski definition) is 0. The number of ether oxygens (including phenoxy) is 1. The number of esters is 1. The largest absolute Gasteiger partial charge is 0.461 e. The van der Waals surface area contributed by atoms with Crippen LogP contribution in [-0.4, -0.2) is 12.6 Å². The highest BCUT2D eigenvalue weighted by Crippen LogP contribution is 2.42. The average Bonchev–Trinajstić information content (AvgIpc) is 2.48. The standard InChI is InChI=1S/C8H6Cl2F2O2S/c1-2-14-7(13)8(11,12)6-5(10)4(9)3-15-6/h3H,2H2,1H3.